The largest absolute Gasteiger partial charge is 0.379 e. The molecule has 2 rings (SSSR count). The minimum absolute atomic E-state index is 0.434. The van der Waals surface area contributed by atoms with E-state index in [1.54, 1.807) is 12.1 Å². The Morgan fingerprint density at radius 2 is 2.29 bits per heavy atom. The van der Waals surface area contributed by atoms with Crippen LogP contribution < -0.4 is 10.6 Å². The minimum Gasteiger partial charge on any atom is -0.379 e. The SMILES string of the molecule is N#Cc1cc(Cl)ccc1NC1CNC1. The second-order valence-corrected chi connectivity index (χ2v) is 3.74. The van der Waals surface area contributed by atoms with E-state index in [1.165, 1.54) is 0 Å². The maximum absolute atomic E-state index is 8.88. The third kappa shape index (κ3) is 1.82. The molecule has 1 aliphatic heterocycles. The second-order valence-electron chi connectivity index (χ2n) is 3.30. The maximum atomic E-state index is 8.88. The van der Waals surface area contributed by atoms with Crippen molar-refractivity contribution < 1.29 is 0 Å². The summed E-state index contributed by atoms with van der Waals surface area (Å²) in [6.45, 7) is 1.90. The van der Waals surface area contributed by atoms with E-state index in [9.17, 15) is 0 Å². The molecule has 14 heavy (non-hydrogen) atoms. The van der Waals surface area contributed by atoms with E-state index in [0.29, 0.717) is 16.6 Å². The summed E-state index contributed by atoms with van der Waals surface area (Å²) < 4.78 is 0. The maximum Gasteiger partial charge on any atom is 0.101 e. The lowest BCUT2D eigenvalue weighted by Crippen LogP contribution is -2.51. The van der Waals surface area contributed by atoms with Gasteiger partial charge in [-0.3, -0.25) is 0 Å². The molecule has 1 aromatic rings. The van der Waals surface area contributed by atoms with Gasteiger partial charge < -0.3 is 10.6 Å². The number of nitrogens with one attached hydrogen (secondary N) is 2. The molecule has 1 heterocycles. The Morgan fingerprint density at radius 3 is 2.86 bits per heavy atom. The summed E-state index contributed by atoms with van der Waals surface area (Å²) in [7, 11) is 0. The number of benzene rings is 1. The molecule has 0 amide bonds. The van der Waals surface area contributed by atoms with Gasteiger partial charge in [0.05, 0.1) is 17.3 Å². The molecule has 0 aliphatic carbocycles. The molecule has 1 aliphatic rings. The van der Waals surface area contributed by atoms with Crippen molar-refractivity contribution in [2.24, 2.45) is 0 Å². The van der Waals surface area contributed by atoms with Crippen molar-refractivity contribution >= 4 is 17.3 Å². The number of hydrogen-bond acceptors (Lipinski definition) is 3. The highest BCUT2D eigenvalue weighted by Gasteiger charge is 2.17. The topological polar surface area (TPSA) is 47.9 Å². The molecule has 0 aromatic heterocycles. The highest BCUT2D eigenvalue weighted by molar-refractivity contribution is 6.30. The molecule has 0 unspecified atom stereocenters. The number of rotatable bonds is 2. The molecule has 0 radical (unpaired) electrons. The lowest BCUT2D eigenvalue weighted by Gasteiger charge is -2.29. The van der Waals surface area contributed by atoms with Crippen LogP contribution in [-0.2, 0) is 0 Å². The average molecular weight is 208 g/mol. The summed E-state index contributed by atoms with van der Waals surface area (Å²) >= 11 is 5.79. The average Bonchev–Trinajstić information content (AvgIpc) is 2.13. The molecule has 4 heteroatoms. The van der Waals surface area contributed by atoms with Crippen molar-refractivity contribution in [3.8, 4) is 6.07 Å². The molecule has 72 valence electrons. The van der Waals surface area contributed by atoms with Gasteiger partial charge in [0.15, 0.2) is 0 Å². The van der Waals surface area contributed by atoms with Crippen LogP contribution in [0, 0.1) is 11.3 Å². The van der Waals surface area contributed by atoms with E-state index in [1.807, 2.05) is 6.07 Å². The number of anilines is 1. The van der Waals surface area contributed by atoms with Gasteiger partial charge in [-0.05, 0) is 18.2 Å². The zero-order valence-corrected chi connectivity index (χ0v) is 8.30. The van der Waals surface area contributed by atoms with Gasteiger partial charge in [0, 0.05) is 18.1 Å². The predicted octanol–water partition coefficient (Wildman–Crippen LogP) is 1.60. The highest BCUT2D eigenvalue weighted by atomic mass is 35.5. The van der Waals surface area contributed by atoms with Crippen LogP contribution in [0.4, 0.5) is 5.69 Å². The third-order valence-corrected chi connectivity index (χ3v) is 2.48. The van der Waals surface area contributed by atoms with Crippen molar-refractivity contribution in [3.05, 3.63) is 28.8 Å². The van der Waals surface area contributed by atoms with E-state index in [0.717, 1.165) is 18.8 Å². The first-order chi connectivity index (χ1) is 6.79. The van der Waals surface area contributed by atoms with E-state index in [2.05, 4.69) is 16.7 Å². The zero-order valence-electron chi connectivity index (χ0n) is 7.55. The Balaban J connectivity index is 2.19. The van der Waals surface area contributed by atoms with Crippen molar-refractivity contribution in [1.29, 1.82) is 5.26 Å². The molecular formula is C10H10ClN3. The summed E-state index contributed by atoms with van der Waals surface area (Å²) in [5, 5.41) is 15.9. The first-order valence-corrected chi connectivity index (χ1v) is 4.84. The van der Waals surface area contributed by atoms with Crippen LogP contribution in [-0.4, -0.2) is 19.1 Å². The first-order valence-electron chi connectivity index (χ1n) is 4.46. The number of halogens is 1. The van der Waals surface area contributed by atoms with E-state index < -0.39 is 0 Å². The minimum atomic E-state index is 0.434. The molecule has 3 nitrogen and oxygen atoms in total. The molecule has 1 saturated heterocycles. The smallest absolute Gasteiger partial charge is 0.101 e. The van der Waals surface area contributed by atoms with E-state index in [-0.39, 0.29) is 0 Å². The normalized spacial score (nSPS) is 15.7. The van der Waals surface area contributed by atoms with Crippen molar-refractivity contribution in [2.75, 3.05) is 18.4 Å². The Morgan fingerprint density at radius 1 is 1.50 bits per heavy atom. The van der Waals surface area contributed by atoms with Gasteiger partial charge >= 0.3 is 0 Å². The summed E-state index contributed by atoms with van der Waals surface area (Å²) in [5.74, 6) is 0. The number of nitrogens with zero attached hydrogens (tertiary/aromatic N) is 1. The molecule has 1 aromatic carbocycles. The van der Waals surface area contributed by atoms with Gasteiger partial charge in [0.2, 0.25) is 0 Å². The standard InChI is InChI=1S/C10H10ClN3/c11-8-1-2-10(7(3-8)4-12)14-9-5-13-6-9/h1-3,9,13-14H,5-6H2. The van der Waals surface area contributed by atoms with Crippen LogP contribution in [0.5, 0.6) is 0 Å². The van der Waals surface area contributed by atoms with Gasteiger partial charge in [-0.2, -0.15) is 5.26 Å². The summed E-state index contributed by atoms with van der Waals surface area (Å²) in [6, 6.07) is 7.87. The van der Waals surface area contributed by atoms with E-state index >= 15 is 0 Å². The fourth-order valence-corrected chi connectivity index (χ4v) is 1.52. The molecule has 0 saturated carbocycles. The molecule has 0 bridgehead atoms. The Kier molecular flexibility index (Phi) is 2.58. The van der Waals surface area contributed by atoms with Crippen molar-refractivity contribution in [2.45, 2.75) is 6.04 Å². The fraction of sp³-hybridized carbons (Fsp3) is 0.300. The van der Waals surface area contributed by atoms with Gasteiger partial charge in [-0.1, -0.05) is 11.6 Å². The molecule has 0 atom stereocenters. The quantitative estimate of drug-likeness (QED) is 0.775. The van der Waals surface area contributed by atoms with Crippen LogP contribution >= 0.6 is 11.6 Å². The molecular weight excluding hydrogens is 198 g/mol. The van der Waals surface area contributed by atoms with Gasteiger partial charge in [0.25, 0.3) is 0 Å². The third-order valence-electron chi connectivity index (χ3n) is 2.24. The molecule has 2 N–H and O–H groups in total. The van der Waals surface area contributed by atoms with Crippen LogP contribution in [0.1, 0.15) is 5.56 Å². The summed E-state index contributed by atoms with van der Waals surface area (Å²) in [6.07, 6.45) is 0. The predicted molar refractivity (Wildman–Crippen MR) is 56.4 cm³/mol. The van der Waals surface area contributed by atoms with Crippen LogP contribution in [0.2, 0.25) is 5.02 Å². The Labute approximate surface area is 87.7 Å². The zero-order chi connectivity index (χ0) is 9.97. The van der Waals surface area contributed by atoms with Crippen LogP contribution in [0.15, 0.2) is 18.2 Å². The summed E-state index contributed by atoms with van der Waals surface area (Å²) in [5.41, 5.74) is 1.47. The molecule has 0 spiro atoms. The Hall–Kier alpha value is -1.24. The van der Waals surface area contributed by atoms with Gasteiger partial charge in [0.1, 0.15) is 6.07 Å². The lowest BCUT2D eigenvalue weighted by atomic mass is 10.1. The Bertz CT molecular complexity index is 379. The number of nitriles is 1. The number of hydrogen-bond donors (Lipinski definition) is 2. The van der Waals surface area contributed by atoms with Gasteiger partial charge in [-0.15, -0.1) is 0 Å². The highest BCUT2D eigenvalue weighted by Crippen LogP contribution is 2.20. The van der Waals surface area contributed by atoms with Crippen LogP contribution in [0.3, 0.4) is 0 Å². The van der Waals surface area contributed by atoms with Crippen molar-refractivity contribution in [1.82, 2.24) is 5.32 Å². The second kappa shape index (κ2) is 3.87. The first kappa shape index (κ1) is 9.32. The monoisotopic (exact) mass is 207 g/mol. The van der Waals surface area contributed by atoms with E-state index in [4.69, 9.17) is 16.9 Å². The van der Waals surface area contributed by atoms with Crippen LogP contribution in [0.25, 0.3) is 0 Å². The molecule has 1 fully saturated rings. The fourth-order valence-electron chi connectivity index (χ4n) is 1.35. The van der Waals surface area contributed by atoms with Gasteiger partial charge in [-0.25, -0.2) is 0 Å². The lowest BCUT2D eigenvalue weighted by molar-refractivity contribution is 0.472. The van der Waals surface area contributed by atoms with Crippen molar-refractivity contribution in [3.63, 3.8) is 0 Å². The summed E-state index contributed by atoms with van der Waals surface area (Å²) in [4.78, 5) is 0.